The van der Waals surface area contributed by atoms with Crippen LogP contribution >= 0.6 is 28.1 Å². The monoisotopic (exact) mass is 396 g/mol. The van der Waals surface area contributed by atoms with Crippen LogP contribution < -0.4 is 15.4 Å². The molecule has 23 heavy (non-hydrogen) atoms. The third-order valence-corrected chi connectivity index (χ3v) is 4.04. The summed E-state index contributed by atoms with van der Waals surface area (Å²) >= 11 is 8.67. The Bertz CT molecular complexity index is 688. The van der Waals surface area contributed by atoms with E-state index in [2.05, 4.69) is 33.1 Å². The van der Waals surface area contributed by atoms with Gasteiger partial charge in [-0.25, -0.2) is 4.79 Å². The van der Waals surface area contributed by atoms with E-state index in [1.54, 1.807) is 14.0 Å². The standard InChI is InChI=1S/C16H17BrN2O3S/c1-4-7-22-15(20)13-9(2)18-16(23)19-14(13)11-8-10(17)5-6-12(11)21-3/h4-6,8,14H,1,7H2,2-3H3,(H2,18,19,23). The highest BCUT2D eigenvalue weighted by molar-refractivity contribution is 9.10. The number of carbonyl (C=O) groups is 1. The molecule has 1 aliphatic heterocycles. The highest BCUT2D eigenvalue weighted by atomic mass is 79.9. The Balaban J connectivity index is 2.51. The van der Waals surface area contributed by atoms with Crippen molar-refractivity contribution in [2.45, 2.75) is 13.0 Å². The molecule has 2 N–H and O–H groups in total. The van der Waals surface area contributed by atoms with Gasteiger partial charge in [0.1, 0.15) is 12.4 Å². The van der Waals surface area contributed by atoms with Gasteiger partial charge in [0.15, 0.2) is 5.11 Å². The molecule has 0 radical (unpaired) electrons. The molecule has 0 saturated heterocycles. The first-order valence-corrected chi connectivity index (χ1v) is 8.07. The van der Waals surface area contributed by atoms with Gasteiger partial charge in [0.25, 0.3) is 0 Å². The van der Waals surface area contributed by atoms with Crippen LogP contribution in [0.5, 0.6) is 5.75 Å². The Morgan fingerprint density at radius 3 is 2.91 bits per heavy atom. The maximum Gasteiger partial charge on any atom is 0.338 e. The van der Waals surface area contributed by atoms with Gasteiger partial charge >= 0.3 is 5.97 Å². The summed E-state index contributed by atoms with van der Waals surface area (Å²) in [6.07, 6.45) is 1.52. The molecule has 0 fully saturated rings. The molecule has 5 nitrogen and oxygen atoms in total. The second-order valence-electron chi connectivity index (χ2n) is 4.84. The van der Waals surface area contributed by atoms with Crippen LogP contribution in [0.25, 0.3) is 0 Å². The summed E-state index contributed by atoms with van der Waals surface area (Å²) in [6, 6.07) is 5.12. The van der Waals surface area contributed by atoms with Crippen LogP contribution in [0.1, 0.15) is 18.5 Å². The summed E-state index contributed by atoms with van der Waals surface area (Å²) in [7, 11) is 1.58. The van der Waals surface area contributed by atoms with Crippen molar-refractivity contribution >= 4 is 39.2 Å². The summed E-state index contributed by atoms with van der Waals surface area (Å²) in [5.74, 6) is 0.217. The summed E-state index contributed by atoms with van der Waals surface area (Å²) in [5.41, 5.74) is 1.89. The van der Waals surface area contributed by atoms with Crippen molar-refractivity contribution in [1.82, 2.24) is 10.6 Å². The van der Waals surface area contributed by atoms with Crippen LogP contribution in [-0.4, -0.2) is 24.8 Å². The van der Waals surface area contributed by atoms with Gasteiger partial charge in [-0.15, -0.1) is 0 Å². The van der Waals surface area contributed by atoms with Crippen molar-refractivity contribution in [3.05, 3.63) is 52.2 Å². The van der Waals surface area contributed by atoms with Crippen molar-refractivity contribution < 1.29 is 14.3 Å². The highest BCUT2D eigenvalue weighted by Gasteiger charge is 2.32. The molecule has 0 spiro atoms. The second kappa shape index (κ2) is 7.61. The van der Waals surface area contributed by atoms with E-state index in [4.69, 9.17) is 21.7 Å². The molecule has 0 amide bonds. The van der Waals surface area contributed by atoms with Gasteiger partial charge in [-0.3, -0.25) is 0 Å². The molecule has 0 bridgehead atoms. The third kappa shape index (κ3) is 3.92. The van der Waals surface area contributed by atoms with Crippen LogP contribution in [0, 0.1) is 0 Å². The summed E-state index contributed by atoms with van der Waals surface area (Å²) < 4.78 is 11.5. The molecule has 0 aromatic heterocycles. The number of halogens is 1. The molecule has 1 aromatic carbocycles. The lowest BCUT2D eigenvalue weighted by Crippen LogP contribution is -2.45. The van der Waals surface area contributed by atoms with Gasteiger partial charge in [0.2, 0.25) is 0 Å². The van der Waals surface area contributed by atoms with Crippen LogP contribution in [0.2, 0.25) is 0 Å². The third-order valence-electron chi connectivity index (χ3n) is 3.32. The van der Waals surface area contributed by atoms with E-state index in [0.29, 0.717) is 22.1 Å². The van der Waals surface area contributed by atoms with Crippen LogP contribution in [0.3, 0.4) is 0 Å². The lowest BCUT2D eigenvalue weighted by molar-refractivity contribution is -0.138. The molecule has 1 aliphatic rings. The minimum absolute atomic E-state index is 0.141. The normalized spacial score (nSPS) is 17.2. The maximum atomic E-state index is 12.4. The largest absolute Gasteiger partial charge is 0.496 e. The topological polar surface area (TPSA) is 59.6 Å². The quantitative estimate of drug-likeness (QED) is 0.453. The molecule has 1 unspecified atom stereocenters. The first-order chi connectivity index (χ1) is 11.0. The first-order valence-electron chi connectivity index (χ1n) is 6.87. The Kier molecular flexibility index (Phi) is 5.79. The number of esters is 1. The average molecular weight is 397 g/mol. The number of methoxy groups -OCH3 is 1. The molecular formula is C16H17BrN2O3S. The second-order valence-corrected chi connectivity index (χ2v) is 6.17. The van der Waals surface area contributed by atoms with Crippen molar-refractivity contribution in [2.24, 2.45) is 0 Å². The molecule has 1 atom stereocenters. The van der Waals surface area contributed by atoms with E-state index >= 15 is 0 Å². The van der Waals surface area contributed by atoms with Gasteiger partial charge in [-0.1, -0.05) is 28.6 Å². The number of thiocarbonyl (C=S) groups is 1. The number of nitrogens with one attached hydrogen (secondary N) is 2. The van der Waals surface area contributed by atoms with Crippen molar-refractivity contribution in [3.8, 4) is 5.75 Å². The Hall–Kier alpha value is -1.86. The van der Waals surface area contributed by atoms with Crippen LogP contribution in [0.4, 0.5) is 0 Å². The number of hydrogen-bond donors (Lipinski definition) is 2. The fraction of sp³-hybridized carbons (Fsp3) is 0.250. The number of allylic oxidation sites excluding steroid dienone is 1. The molecule has 0 aliphatic carbocycles. The first kappa shape index (κ1) is 17.5. The SMILES string of the molecule is C=CCOC(=O)C1=C(C)NC(=S)NC1c1cc(Br)ccc1OC. The molecule has 2 rings (SSSR count). The van der Waals surface area contributed by atoms with Crippen LogP contribution in [0.15, 0.2) is 46.6 Å². The molecular weight excluding hydrogens is 380 g/mol. The van der Waals surface area contributed by atoms with E-state index in [1.807, 2.05) is 18.2 Å². The average Bonchev–Trinajstić information content (AvgIpc) is 2.51. The number of ether oxygens (including phenoxy) is 2. The van der Waals surface area contributed by atoms with E-state index < -0.39 is 12.0 Å². The summed E-state index contributed by atoms with van der Waals surface area (Å²) in [5, 5.41) is 6.51. The number of benzene rings is 1. The smallest absolute Gasteiger partial charge is 0.338 e. The zero-order valence-corrected chi connectivity index (χ0v) is 15.2. The van der Waals surface area contributed by atoms with Gasteiger partial charge in [-0.05, 0) is 37.3 Å². The lowest BCUT2D eigenvalue weighted by Gasteiger charge is -2.30. The Morgan fingerprint density at radius 2 is 2.26 bits per heavy atom. The minimum atomic E-state index is -0.464. The summed E-state index contributed by atoms with van der Waals surface area (Å²) in [4.78, 5) is 12.4. The number of rotatable bonds is 5. The number of carbonyl (C=O) groups excluding carboxylic acids is 1. The predicted octanol–water partition coefficient (Wildman–Crippen LogP) is 2.98. The predicted molar refractivity (Wildman–Crippen MR) is 96.2 cm³/mol. The van der Waals surface area contributed by atoms with Crippen molar-refractivity contribution in [2.75, 3.05) is 13.7 Å². The van der Waals surface area contributed by atoms with E-state index in [9.17, 15) is 4.79 Å². The van der Waals surface area contributed by atoms with Crippen LogP contribution in [-0.2, 0) is 9.53 Å². The number of hydrogen-bond acceptors (Lipinski definition) is 4. The molecule has 122 valence electrons. The van der Waals surface area contributed by atoms with Gasteiger partial charge < -0.3 is 20.1 Å². The lowest BCUT2D eigenvalue weighted by atomic mass is 9.95. The van der Waals surface area contributed by atoms with Crippen molar-refractivity contribution in [1.29, 1.82) is 0 Å². The van der Waals surface area contributed by atoms with Gasteiger partial charge in [-0.2, -0.15) is 0 Å². The Labute approximate surface area is 148 Å². The van der Waals surface area contributed by atoms with Gasteiger partial charge in [0.05, 0.1) is 18.7 Å². The molecule has 0 saturated carbocycles. The maximum absolute atomic E-state index is 12.4. The van der Waals surface area contributed by atoms with E-state index in [-0.39, 0.29) is 6.61 Å². The fourth-order valence-corrected chi connectivity index (χ4v) is 2.99. The van der Waals surface area contributed by atoms with Crippen molar-refractivity contribution in [3.63, 3.8) is 0 Å². The van der Waals surface area contributed by atoms with E-state index in [1.165, 1.54) is 6.08 Å². The zero-order valence-electron chi connectivity index (χ0n) is 12.8. The summed E-state index contributed by atoms with van der Waals surface area (Å²) in [6.45, 7) is 5.48. The minimum Gasteiger partial charge on any atom is -0.496 e. The fourth-order valence-electron chi connectivity index (χ4n) is 2.34. The molecule has 7 heteroatoms. The highest BCUT2D eigenvalue weighted by Crippen LogP contribution is 2.35. The molecule has 1 heterocycles. The van der Waals surface area contributed by atoms with E-state index in [0.717, 1.165) is 10.0 Å². The Morgan fingerprint density at radius 1 is 1.52 bits per heavy atom. The van der Waals surface area contributed by atoms with Gasteiger partial charge in [0, 0.05) is 15.7 Å². The zero-order chi connectivity index (χ0) is 17.0. The molecule has 1 aromatic rings.